The number of carbonyl (C=O) groups is 2. The van der Waals surface area contributed by atoms with Crippen LogP contribution in [0.2, 0.25) is 0 Å². The number of ether oxygens (including phenoxy) is 2. The van der Waals surface area contributed by atoms with E-state index >= 15 is 0 Å². The Hall–Kier alpha value is -1.88. The van der Waals surface area contributed by atoms with E-state index in [9.17, 15) is 9.59 Å². The van der Waals surface area contributed by atoms with Crippen molar-refractivity contribution in [2.45, 2.75) is 46.1 Å². The van der Waals surface area contributed by atoms with Gasteiger partial charge in [0.1, 0.15) is 6.61 Å². The number of amides is 1. The second kappa shape index (κ2) is 7.94. The highest BCUT2D eigenvalue weighted by atomic mass is 16.6. The molecule has 1 unspecified atom stereocenters. The van der Waals surface area contributed by atoms with Crippen molar-refractivity contribution >= 4 is 17.6 Å². The molecule has 0 aliphatic carbocycles. The molecule has 0 aliphatic rings. The summed E-state index contributed by atoms with van der Waals surface area (Å²) in [6.07, 6.45) is -0.866. The van der Waals surface area contributed by atoms with E-state index in [-0.39, 0.29) is 17.9 Å². The van der Waals surface area contributed by atoms with Crippen LogP contribution in [0.4, 0.5) is 5.69 Å². The summed E-state index contributed by atoms with van der Waals surface area (Å²) in [5.41, 5.74) is 1.91. The van der Waals surface area contributed by atoms with Crippen molar-refractivity contribution in [3.8, 4) is 0 Å². The molecule has 1 aromatic carbocycles. The van der Waals surface area contributed by atoms with Crippen LogP contribution in [-0.4, -0.2) is 31.2 Å². The van der Waals surface area contributed by atoms with Gasteiger partial charge in [-0.2, -0.15) is 0 Å². The summed E-state index contributed by atoms with van der Waals surface area (Å²) in [7, 11) is 0. The van der Waals surface area contributed by atoms with E-state index in [1.165, 1.54) is 12.5 Å². The second-order valence-corrected chi connectivity index (χ2v) is 6.09. The molecule has 0 saturated carbocycles. The van der Waals surface area contributed by atoms with Crippen molar-refractivity contribution in [1.82, 2.24) is 0 Å². The average molecular weight is 307 g/mol. The molecule has 0 saturated heterocycles. The SMILES string of the molecule is CCOCC(=O)OC(C)C(=O)Nc1ccc(C(C)(C)C)cc1. The maximum Gasteiger partial charge on any atom is 0.332 e. The Morgan fingerprint density at radius 2 is 1.77 bits per heavy atom. The second-order valence-electron chi connectivity index (χ2n) is 6.09. The first-order valence-electron chi connectivity index (χ1n) is 7.42. The van der Waals surface area contributed by atoms with E-state index in [0.717, 1.165) is 0 Å². The predicted octanol–water partition coefficient (Wildman–Crippen LogP) is 2.89. The molecule has 0 radical (unpaired) electrons. The fraction of sp³-hybridized carbons (Fsp3) is 0.529. The Balaban J connectivity index is 2.55. The number of esters is 1. The van der Waals surface area contributed by atoms with Gasteiger partial charge in [-0.25, -0.2) is 4.79 Å². The van der Waals surface area contributed by atoms with Crippen LogP contribution in [0.15, 0.2) is 24.3 Å². The lowest BCUT2D eigenvalue weighted by atomic mass is 9.87. The van der Waals surface area contributed by atoms with Crippen LogP contribution >= 0.6 is 0 Å². The smallest absolute Gasteiger partial charge is 0.332 e. The summed E-state index contributed by atoms with van der Waals surface area (Å²) in [5.74, 6) is -0.916. The molecule has 122 valence electrons. The van der Waals surface area contributed by atoms with Crippen LogP contribution in [0.25, 0.3) is 0 Å². The Kier molecular flexibility index (Phi) is 6.56. The van der Waals surface area contributed by atoms with Gasteiger partial charge in [0, 0.05) is 12.3 Å². The monoisotopic (exact) mass is 307 g/mol. The molecule has 22 heavy (non-hydrogen) atoms. The average Bonchev–Trinajstić information content (AvgIpc) is 2.44. The minimum absolute atomic E-state index is 0.0602. The van der Waals surface area contributed by atoms with Crippen molar-refractivity contribution in [2.24, 2.45) is 0 Å². The third kappa shape index (κ3) is 5.85. The molecular formula is C17H25NO4. The van der Waals surface area contributed by atoms with Crippen LogP contribution in [0.3, 0.4) is 0 Å². The van der Waals surface area contributed by atoms with Crippen LogP contribution in [-0.2, 0) is 24.5 Å². The van der Waals surface area contributed by atoms with Gasteiger partial charge in [0.05, 0.1) is 0 Å². The third-order valence-corrected chi connectivity index (χ3v) is 3.12. The summed E-state index contributed by atoms with van der Waals surface area (Å²) in [6, 6.07) is 7.63. The maximum absolute atomic E-state index is 12.0. The molecular weight excluding hydrogens is 282 g/mol. The van der Waals surface area contributed by atoms with Gasteiger partial charge in [-0.1, -0.05) is 32.9 Å². The van der Waals surface area contributed by atoms with E-state index in [2.05, 4.69) is 26.1 Å². The molecule has 0 bridgehead atoms. The lowest BCUT2D eigenvalue weighted by Gasteiger charge is -2.19. The van der Waals surface area contributed by atoms with Crippen molar-refractivity contribution in [3.05, 3.63) is 29.8 Å². The highest BCUT2D eigenvalue weighted by molar-refractivity contribution is 5.95. The van der Waals surface area contributed by atoms with Crippen LogP contribution in [0, 0.1) is 0 Å². The standard InChI is InChI=1S/C17H25NO4/c1-6-21-11-15(19)22-12(2)16(20)18-14-9-7-13(8-10-14)17(3,4)5/h7-10,12H,6,11H2,1-5H3,(H,18,20). The van der Waals surface area contributed by atoms with E-state index < -0.39 is 12.1 Å². The fourth-order valence-electron chi connectivity index (χ4n) is 1.77. The number of nitrogens with one attached hydrogen (secondary N) is 1. The first kappa shape index (κ1) is 18.2. The molecule has 1 atom stereocenters. The number of hydrogen-bond acceptors (Lipinski definition) is 4. The quantitative estimate of drug-likeness (QED) is 0.821. The molecule has 1 N–H and O–H groups in total. The number of carbonyl (C=O) groups excluding carboxylic acids is 2. The molecule has 5 heteroatoms. The molecule has 1 amide bonds. The Morgan fingerprint density at radius 3 is 2.27 bits per heavy atom. The van der Waals surface area contributed by atoms with Crippen LogP contribution in [0.1, 0.15) is 40.2 Å². The number of hydrogen-bond donors (Lipinski definition) is 1. The minimum atomic E-state index is -0.866. The molecule has 0 fully saturated rings. The van der Waals surface area contributed by atoms with E-state index in [4.69, 9.17) is 9.47 Å². The lowest BCUT2D eigenvalue weighted by Crippen LogP contribution is -2.31. The molecule has 1 rings (SSSR count). The zero-order chi connectivity index (χ0) is 16.8. The molecule has 1 aromatic rings. The highest BCUT2D eigenvalue weighted by Gasteiger charge is 2.18. The lowest BCUT2D eigenvalue weighted by molar-refractivity contribution is -0.157. The topological polar surface area (TPSA) is 64.6 Å². The molecule has 0 spiro atoms. The predicted molar refractivity (Wildman–Crippen MR) is 85.8 cm³/mol. The van der Waals surface area contributed by atoms with Gasteiger partial charge in [0.2, 0.25) is 0 Å². The van der Waals surface area contributed by atoms with Crippen LogP contribution in [0.5, 0.6) is 0 Å². The van der Waals surface area contributed by atoms with Gasteiger partial charge in [0.15, 0.2) is 6.10 Å². The van der Waals surface area contributed by atoms with E-state index in [0.29, 0.717) is 12.3 Å². The summed E-state index contributed by atoms with van der Waals surface area (Å²) in [6.45, 7) is 9.97. The van der Waals surface area contributed by atoms with Crippen molar-refractivity contribution < 1.29 is 19.1 Å². The van der Waals surface area contributed by atoms with Gasteiger partial charge < -0.3 is 14.8 Å². The van der Waals surface area contributed by atoms with Crippen molar-refractivity contribution in [1.29, 1.82) is 0 Å². The maximum atomic E-state index is 12.0. The molecule has 5 nitrogen and oxygen atoms in total. The van der Waals surface area contributed by atoms with E-state index in [1.54, 1.807) is 6.92 Å². The zero-order valence-corrected chi connectivity index (χ0v) is 13.9. The summed E-state index contributed by atoms with van der Waals surface area (Å²) in [5, 5.41) is 2.72. The first-order chi connectivity index (χ1) is 10.2. The van der Waals surface area contributed by atoms with Crippen LogP contribution < -0.4 is 5.32 Å². The van der Waals surface area contributed by atoms with Crippen molar-refractivity contribution in [3.63, 3.8) is 0 Å². The van der Waals surface area contributed by atoms with Gasteiger partial charge in [0.25, 0.3) is 5.91 Å². The molecule has 0 aliphatic heterocycles. The number of anilines is 1. The Labute approximate surface area is 132 Å². The summed E-state index contributed by atoms with van der Waals surface area (Å²) < 4.78 is 9.92. The zero-order valence-electron chi connectivity index (χ0n) is 13.9. The van der Waals surface area contributed by atoms with Gasteiger partial charge in [-0.15, -0.1) is 0 Å². The van der Waals surface area contributed by atoms with Gasteiger partial charge in [-0.05, 0) is 37.0 Å². The fourth-order valence-corrected chi connectivity index (χ4v) is 1.77. The van der Waals surface area contributed by atoms with E-state index in [1.807, 2.05) is 24.3 Å². The Morgan fingerprint density at radius 1 is 1.18 bits per heavy atom. The minimum Gasteiger partial charge on any atom is -0.451 e. The largest absolute Gasteiger partial charge is 0.451 e. The van der Waals surface area contributed by atoms with Gasteiger partial charge >= 0.3 is 5.97 Å². The van der Waals surface area contributed by atoms with Crippen molar-refractivity contribution in [2.75, 3.05) is 18.5 Å². The first-order valence-corrected chi connectivity index (χ1v) is 7.42. The third-order valence-electron chi connectivity index (χ3n) is 3.12. The van der Waals surface area contributed by atoms with Gasteiger partial charge in [-0.3, -0.25) is 4.79 Å². The molecule has 0 heterocycles. The number of benzene rings is 1. The highest BCUT2D eigenvalue weighted by Crippen LogP contribution is 2.23. The number of rotatable bonds is 6. The normalized spacial score (nSPS) is 12.6. The molecule has 0 aromatic heterocycles. The summed E-state index contributed by atoms with van der Waals surface area (Å²) in [4.78, 5) is 23.4. The summed E-state index contributed by atoms with van der Waals surface area (Å²) >= 11 is 0. The Bertz CT molecular complexity index is 502.